The van der Waals surface area contributed by atoms with Crippen molar-refractivity contribution in [2.75, 3.05) is 6.54 Å². The van der Waals surface area contributed by atoms with Crippen LogP contribution in [-0.4, -0.2) is 16.3 Å². The minimum Gasteiger partial charge on any atom is -0.313 e. The second-order valence-electron chi connectivity index (χ2n) is 4.45. The Hall–Kier alpha value is -1.03. The lowest BCUT2D eigenvalue weighted by molar-refractivity contribution is 0.714. The molecule has 2 rings (SSSR count). The topological polar surface area (TPSA) is 29.9 Å². The molecular weight excluding hydrogens is 281 g/mol. The molecular formula is C14H17Cl2N3. The van der Waals surface area contributed by atoms with Crippen LogP contribution in [0.4, 0.5) is 0 Å². The van der Waals surface area contributed by atoms with Crippen LogP contribution in [0.5, 0.6) is 0 Å². The Morgan fingerprint density at radius 1 is 1.26 bits per heavy atom. The van der Waals surface area contributed by atoms with Crippen LogP contribution in [0.1, 0.15) is 23.9 Å². The summed E-state index contributed by atoms with van der Waals surface area (Å²) in [6.07, 6.45) is 0. The molecule has 0 aliphatic rings. The van der Waals surface area contributed by atoms with Crippen molar-refractivity contribution in [2.45, 2.75) is 27.3 Å². The second kappa shape index (κ2) is 5.95. The molecule has 0 spiro atoms. The van der Waals surface area contributed by atoms with E-state index in [0.29, 0.717) is 5.02 Å². The number of benzene rings is 1. The first-order chi connectivity index (χ1) is 9.04. The van der Waals surface area contributed by atoms with Crippen molar-refractivity contribution in [2.24, 2.45) is 0 Å². The Kier molecular flexibility index (Phi) is 4.50. The summed E-state index contributed by atoms with van der Waals surface area (Å²) in [6, 6.07) is 5.81. The highest BCUT2D eigenvalue weighted by Gasteiger charge is 2.13. The fraction of sp³-hybridized carbons (Fsp3) is 0.357. The van der Waals surface area contributed by atoms with Crippen molar-refractivity contribution >= 4 is 23.2 Å². The Morgan fingerprint density at radius 2 is 2.00 bits per heavy atom. The van der Waals surface area contributed by atoms with Crippen LogP contribution in [0, 0.1) is 13.8 Å². The van der Waals surface area contributed by atoms with Gasteiger partial charge < -0.3 is 5.32 Å². The third-order valence-electron chi connectivity index (χ3n) is 3.04. The van der Waals surface area contributed by atoms with E-state index in [4.69, 9.17) is 23.2 Å². The molecule has 2 aromatic rings. The van der Waals surface area contributed by atoms with Gasteiger partial charge in [0, 0.05) is 11.6 Å². The van der Waals surface area contributed by atoms with Gasteiger partial charge in [0.1, 0.15) is 0 Å². The van der Waals surface area contributed by atoms with E-state index in [-0.39, 0.29) is 0 Å². The van der Waals surface area contributed by atoms with Crippen molar-refractivity contribution in [3.8, 4) is 5.69 Å². The van der Waals surface area contributed by atoms with Gasteiger partial charge in [0.25, 0.3) is 0 Å². The van der Waals surface area contributed by atoms with Crippen LogP contribution in [0.15, 0.2) is 18.2 Å². The number of aryl methyl sites for hydroxylation is 1. The van der Waals surface area contributed by atoms with E-state index in [1.165, 1.54) is 0 Å². The van der Waals surface area contributed by atoms with Gasteiger partial charge in [-0.05, 0) is 44.2 Å². The first kappa shape index (κ1) is 14.4. The summed E-state index contributed by atoms with van der Waals surface area (Å²) in [4.78, 5) is 0. The third-order valence-corrected chi connectivity index (χ3v) is 3.82. The molecule has 0 atom stereocenters. The molecule has 0 fully saturated rings. The van der Waals surface area contributed by atoms with E-state index in [1.807, 2.05) is 36.7 Å². The molecule has 0 unspecified atom stereocenters. The third kappa shape index (κ3) is 2.94. The van der Waals surface area contributed by atoms with Gasteiger partial charge in [-0.2, -0.15) is 5.10 Å². The van der Waals surface area contributed by atoms with Crippen LogP contribution >= 0.6 is 23.2 Å². The molecule has 1 aromatic heterocycles. The average molecular weight is 298 g/mol. The summed E-state index contributed by atoms with van der Waals surface area (Å²) >= 11 is 12.3. The standard InChI is InChI=1S/C14H17Cl2N3/c1-4-17-8-11-7-12(15)5-6-13(11)19-10(3)14(16)9(2)18-19/h5-7,17H,4,8H2,1-3H3. The molecule has 102 valence electrons. The maximum Gasteiger partial charge on any atom is 0.0848 e. The zero-order chi connectivity index (χ0) is 14.0. The quantitative estimate of drug-likeness (QED) is 0.927. The molecule has 0 bridgehead atoms. The van der Waals surface area contributed by atoms with Crippen molar-refractivity contribution in [3.63, 3.8) is 0 Å². The molecule has 5 heteroatoms. The van der Waals surface area contributed by atoms with Gasteiger partial charge in [-0.1, -0.05) is 30.1 Å². The summed E-state index contributed by atoms with van der Waals surface area (Å²) in [5.74, 6) is 0. The van der Waals surface area contributed by atoms with E-state index in [0.717, 1.165) is 40.8 Å². The predicted molar refractivity (Wildman–Crippen MR) is 80.4 cm³/mol. The molecule has 0 saturated heterocycles. The molecule has 1 heterocycles. The van der Waals surface area contributed by atoms with Crippen molar-refractivity contribution in [1.82, 2.24) is 15.1 Å². The smallest absolute Gasteiger partial charge is 0.0848 e. The summed E-state index contributed by atoms with van der Waals surface area (Å²) in [6.45, 7) is 7.61. The number of nitrogens with one attached hydrogen (secondary N) is 1. The molecule has 0 aliphatic heterocycles. The van der Waals surface area contributed by atoms with E-state index < -0.39 is 0 Å². The highest BCUT2D eigenvalue weighted by Crippen LogP contribution is 2.25. The largest absolute Gasteiger partial charge is 0.313 e. The Labute approximate surface area is 123 Å². The zero-order valence-electron chi connectivity index (χ0n) is 11.3. The molecule has 0 amide bonds. The Morgan fingerprint density at radius 3 is 2.58 bits per heavy atom. The molecule has 0 aliphatic carbocycles. The molecule has 1 N–H and O–H groups in total. The van der Waals surface area contributed by atoms with Crippen molar-refractivity contribution in [3.05, 3.63) is 45.2 Å². The highest BCUT2D eigenvalue weighted by atomic mass is 35.5. The SMILES string of the molecule is CCNCc1cc(Cl)ccc1-n1nc(C)c(Cl)c1C. The van der Waals surface area contributed by atoms with Gasteiger partial charge in [-0.25, -0.2) is 4.68 Å². The Bertz CT molecular complexity index is 591. The van der Waals surface area contributed by atoms with Gasteiger partial charge in [-0.3, -0.25) is 0 Å². The zero-order valence-corrected chi connectivity index (χ0v) is 12.8. The van der Waals surface area contributed by atoms with Crippen molar-refractivity contribution < 1.29 is 0 Å². The minimum atomic E-state index is 0.712. The molecule has 0 radical (unpaired) electrons. The fourth-order valence-corrected chi connectivity index (χ4v) is 2.33. The second-order valence-corrected chi connectivity index (χ2v) is 5.26. The van der Waals surface area contributed by atoms with Crippen LogP contribution in [0.2, 0.25) is 10.0 Å². The number of hydrogen-bond donors (Lipinski definition) is 1. The van der Waals surface area contributed by atoms with E-state index in [2.05, 4.69) is 17.3 Å². The maximum atomic E-state index is 6.21. The molecule has 19 heavy (non-hydrogen) atoms. The Balaban J connectivity index is 2.51. The van der Waals surface area contributed by atoms with Gasteiger partial charge in [0.05, 0.1) is 22.1 Å². The van der Waals surface area contributed by atoms with Gasteiger partial charge >= 0.3 is 0 Å². The molecule has 1 aromatic carbocycles. The van der Waals surface area contributed by atoms with E-state index in [1.54, 1.807) is 0 Å². The number of nitrogens with zero attached hydrogens (tertiary/aromatic N) is 2. The summed E-state index contributed by atoms with van der Waals surface area (Å²) in [5, 5.41) is 9.24. The maximum absolute atomic E-state index is 6.21. The minimum absolute atomic E-state index is 0.712. The lowest BCUT2D eigenvalue weighted by atomic mass is 10.1. The van der Waals surface area contributed by atoms with Crippen LogP contribution in [0.25, 0.3) is 5.69 Å². The first-order valence-electron chi connectivity index (χ1n) is 6.25. The fourth-order valence-electron chi connectivity index (χ4n) is 2.02. The van der Waals surface area contributed by atoms with Crippen molar-refractivity contribution in [1.29, 1.82) is 0 Å². The normalized spacial score (nSPS) is 11.0. The average Bonchev–Trinajstić information content (AvgIpc) is 2.64. The lowest BCUT2D eigenvalue weighted by Gasteiger charge is -2.12. The predicted octanol–water partition coefficient (Wildman–Crippen LogP) is 3.91. The summed E-state index contributed by atoms with van der Waals surface area (Å²) < 4.78 is 1.88. The van der Waals surface area contributed by atoms with E-state index in [9.17, 15) is 0 Å². The van der Waals surface area contributed by atoms with Gasteiger partial charge in [0.15, 0.2) is 0 Å². The molecule has 3 nitrogen and oxygen atoms in total. The van der Waals surface area contributed by atoms with Gasteiger partial charge in [-0.15, -0.1) is 0 Å². The first-order valence-corrected chi connectivity index (χ1v) is 7.01. The highest BCUT2D eigenvalue weighted by molar-refractivity contribution is 6.32. The van der Waals surface area contributed by atoms with Crippen LogP contribution in [0.3, 0.4) is 0 Å². The summed E-state index contributed by atoms with van der Waals surface area (Å²) in [5.41, 5.74) is 3.90. The lowest BCUT2D eigenvalue weighted by Crippen LogP contribution is -2.14. The molecule has 0 saturated carbocycles. The van der Waals surface area contributed by atoms with Crippen LogP contribution < -0.4 is 5.32 Å². The number of rotatable bonds is 4. The number of halogens is 2. The number of aromatic nitrogens is 2. The van der Waals surface area contributed by atoms with Gasteiger partial charge in [0.2, 0.25) is 0 Å². The van der Waals surface area contributed by atoms with Crippen LogP contribution in [-0.2, 0) is 6.54 Å². The summed E-state index contributed by atoms with van der Waals surface area (Å²) in [7, 11) is 0. The monoisotopic (exact) mass is 297 g/mol. The number of hydrogen-bond acceptors (Lipinski definition) is 2. The van der Waals surface area contributed by atoms with E-state index >= 15 is 0 Å².